The molecular weight excluding hydrogens is 272 g/mol. The van der Waals surface area contributed by atoms with Crippen LogP contribution in [-0.2, 0) is 10.0 Å². The van der Waals surface area contributed by atoms with Crippen molar-refractivity contribution in [3.05, 3.63) is 16.5 Å². The Kier molecular flexibility index (Phi) is 3.53. The molecule has 90 valence electrons. The lowest BCUT2D eigenvalue weighted by Gasteiger charge is -2.14. The van der Waals surface area contributed by atoms with Gasteiger partial charge in [-0.3, -0.25) is 0 Å². The highest BCUT2D eigenvalue weighted by Gasteiger charge is 2.30. The van der Waals surface area contributed by atoms with Crippen molar-refractivity contribution < 1.29 is 13.5 Å². The fourth-order valence-corrected chi connectivity index (χ4v) is 4.25. The second kappa shape index (κ2) is 4.59. The monoisotopic (exact) mass is 282 g/mol. The number of nitrogens with one attached hydrogen (secondary N) is 2. The quantitative estimate of drug-likeness (QED) is 0.730. The zero-order chi connectivity index (χ0) is 11.8. The second-order valence-electron chi connectivity index (χ2n) is 3.51. The van der Waals surface area contributed by atoms with E-state index in [0.717, 1.165) is 11.3 Å². The van der Waals surface area contributed by atoms with Crippen molar-refractivity contribution in [3.63, 3.8) is 0 Å². The number of thiophene rings is 1. The lowest BCUT2D eigenvalue weighted by atomic mass is 10.2. The molecule has 2 rings (SSSR count). The molecule has 0 radical (unpaired) electrons. The molecular formula is C8H11ClN2O3S2. The van der Waals surface area contributed by atoms with E-state index >= 15 is 0 Å². The summed E-state index contributed by atoms with van der Waals surface area (Å²) in [4.78, 5) is 0. The lowest BCUT2D eigenvalue weighted by Crippen LogP contribution is -2.42. The Bertz CT molecular complexity index is 473. The van der Waals surface area contributed by atoms with E-state index < -0.39 is 22.2 Å². The molecule has 1 saturated heterocycles. The summed E-state index contributed by atoms with van der Waals surface area (Å²) in [6.07, 6.45) is -0.690. The van der Waals surface area contributed by atoms with Gasteiger partial charge in [-0.1, -0.05) is 11.6 Å². The van der Waals surface area contributed by atoms with E-state index in [0.29, 0.717) is 17.4 Å². The smallest absolute Gasteiger partial charge is 0.250 e. The standard InChI is InChI=1S/C8H11ClN2O3S2/c9-7-1-2-8(15-7)16(13,14)11-5-3-10-4-6(5)12/h1-2,5-6,10-12H,3-4H2/t5-,6-/m1/s1. The Morgan fingerprint density at radius 3 is 2.75 bits per heavy atom. The van der Waals surface area contributed by atoms with Crippen LogP contribution in [0.1, 0.15) is 0 Å². The molecule has 0 bridgehead atoms. The minimum absolute atomic E-state index is 0.164. The summed E-state index contributed by atoms with van der Waals surface area (Å²) in [5.41, 5.74) is 0. The van der Waals surface area contributed by atoms with Crippen LogP contribution in [0.25, 0.3) is 0 Å². The Hall–Kier alpha value is -0.180. The molecule has 3 N–H and O–H groups in total. The van der Waals surface area contributed by atoms with E-state index in [-0.39, 0.29) is 4.21 Å². The van der Waals surface area contributed by atoms with Crippen molar-refractivity contribution in [3.8, 4) is 0 Å². The first kappa shape index (κ1) is 12.3. The van der Waals surface area contributed by atoms with Crippen LogP contribution in [0.4, 0.5) is 0 Å². The fraction of sp³-hybridized carbons (Fsp3) is 0.500. The highest BCUT2D eigenvalue weighted by atomic mass is 35.5. The van der Waals surface area contributed by atoms with Crippen molar-refractivity contribution >= 4 is 33.0 Å². The van der Waals surface area contributed by atoms with Gasteiger partial charge in [0.2, 0.25) is 10.0 Å². The van der Waals surface area contributed by atoms with Gasteiger partial charge in [0.1, 0.15) is 4.21 Å². The van der Waals surface area contributed by atoms with Crippen LogP contribution in [-0.4, -0.2) is 38.8 Å². The molecule has 0 amide bonds. The maximum atomic E-state index is 11.8. The molecule has 5 nitrogen and oxygen atoms in total. The van der Waals surface area contributed by atoms with Gasteiger partial charge in [-0.05, 0) is 12.1 Å². The molecule has 0 aromatic carbocycles. The first-order chi connectivity index (χ1) is 7.49. The molecule has 1 aliphatic rings. The maximum Gasteiger partial charge on any atom is 0.250 e. The van der Waals surface area contributed by atoms with Gasteiger partial charge >= 0.3 is 0 Å². The normalized spacial score (nSPS) is 26.1. The summed E-state index contributed by atoms with van der Waals surface area (Å²) >= 11 is 6.67. The minimum Gasteiger partial charge on any atom is -0.390 e. The molecule has 0 saturated carbocycles. The average molecular weight is 283 g/mol. The van der Waals surface area contributed by atoms with Crippen molar-refractivity contribution in [2.45, 2.75) is 16.4 Å². The van der Waals surface area contributed by atoms with E-state index in [9.17, 15) is 13.5 Å². The van der Waals surface area contributed by atoms with Gasteiger partial charge in [0.25, 0.3) is 0 Å². The second-order valence-corrected chi connectivity index (χ2v) is 7.17. The van der Waals surface area contributed by atoms with Crippen LogP contribution in [0.5, 0.6) is 0 Å². The van der Waals surface area contributed by atoms with E-state index in [4.69, 9.17) is 11.6 Å². The van der Waals surface area contributed by atoms with Crippen molar-refractivity contribution in [1.82, 2.24) is 10.0 Å². The number of aliphatic hydroxyl groups is 1. The van der Waals surface area contributed by atoms with Crippen molar-refractivity contribution in [2.24, 2.45) is 0 Å². The first-order valence-electron chi connectivity index (χ1n) is 4.65. The van der Waals surface area contributed by atoms with Gasteiger partial charge < -0.3 is 10.4 Å². The molecule has 0 aliphatic carbocycles. The van der Waals surface area contributed by atoms with E-state index in [2.05, 4.69) is 10.0 Å². The highest BCUT2D eigenvalue weighted by Crippen LogP contribution is 2.25. The van der Waals surface area contributed by atoms with Crippen LogP contribution < -0.4 is 10.0 Å². The summed E-state index contributed by atoms with van der Waals surface area (Å²) in [6.45, 7) is 0.831. The summed E-state index contributed by atoms with van der Waals surface area (Å²) in [6, 6.07) is 2.50. The zero-order valence-corrected chi connectivity index (χ0v) is 10.6. The molecule has 2 atom stereocenters. The van der Waals surface area contributed by atoms with E-state index in [1.165, 1.54) is 12.1 Å². The molecule has 16 heavy (non-hydrogen) atoms. The van der Waals surface area contributed by atoms with Gasteiger partial charge in [-0.25, -0.2) is 13.1 Å². The van der Waals surface area contributed by atoms with Crippen molar-refractivity contribution in [2.75, 3.05) is 13.1 Å². The van der Waals surface area contributed by atoms with Crippen LogP contribution in [0.3, 0.4) is 0 Å². The largest absolute Gasteiger partial charge is 0.390 e. The molecule has 1 aromatic rings. The minimum atomic E-state index is -3.57. The first-order valence-corrected chi connectivity index (χ1v) is 7.33. The molecule has 0 spiro atoms. The third-order valence-electron chi connectivity index (χ3n) is 2.30. The van der Waals surface area contributed by atoms with Crippen molar-refractivity contribution in [1.29, 1.82) is 0 Å². The van der Waals surface area contributed by atoms with Gasteiger partial charge in [0.15, 0.2) is 0 Å². The highest BCUT2D eigenvalue weighted by molar-refractivity contribution is 7.91. The molecule has 1 fully saturated rings. The number of hydrogen-bond acceptors (Lipinski definition) is 5. The summed E-state index contributed by atoms with van der Waals surface area (Å²) in [5.74, 6) is 0. The zero-order valence-electron chi connectivity index (χ0n) is 8.18. The number of hydrogen-bond donors (Lipinski definition) is 3. The van der Waals surface area contributed by atoms with Crippen LogP contribution in [0, 0.1) is 0 Å². The SMILES string of the molecule is O=S(=O)(N[C@@H]1CNC[C@H]1O)c1ccc(Cl)s1. The number of halogens is 1. The van der Waals surface area contributed by atoms with Gasteiger partial charge in [-0.2, -0.15) is 0 Å². The third-order valence-corrected chi connectivity index (χ3v) is 5.52. The maximum absolute atomic E-state index is 11.8. The third kappa shape index (κ3) is 2.55. The molecule has 1 aromatic heterocycles. The van der Waals surface area contributed by atoms with Gasteiger partial charge in [0.05, 0.1) is 16.5 Å². The van der Waals surface area contributed by atoms with E-state index in [1.54, 1.807) is 0 Å². The van der Waals surface area contributed by atoms with Crippen LogP contribution in [0.2, 0.25) is 4.34 Å². The Morgan fingerprint density at radius 1 is 1.50 bits per heavy atom. The molecule has 1 aliphatic heterocycles. The predicted molar refractivity (Wildman–Crippen MR) is 62.3 cm³/mol. The number of rotatable bonds is 3. The number of sulfonamides is 1. The van der Waals surface area contributed by atoms with Crippen LogP contribution >= 0.6 is 22.9 Å². The fourth-order valence-electron chi connectivity index (χ4n) is 1.48. The molecule has 2 heterocycles. The lowest BCUT2D eigenvalue weighted by molar-refractivity contribution is 0.173. The summed E-state index contributed by atoms with van der Waals surface area (Å²) in [5, 5.41) is 12.4. The Labute approximate surface area is 102 Å². The Morgan fingerprint density at radius 2 is 2.25 bits per heavy atom. The number of aliphatic hydroxyl groups excluding tert-OH is 1. The summed E-state index contributed by atoms with van der Waals surface area (Å²) in [7, 11) is -3.57. The topological polar surface area (TPSA) is 78.4 Å². The average Bonchev–Trinajstić information content (AvgIpc) is 2.77. The van der Waals surface area contributed by atoms with E-state index in [1.807, 2.05) is 0 Å². The van der Waals surface area contributed by atoms with Gasteiger partial charge in [0, 0.05) is 13.1 Å². The predicted octanol–water partition coefficient (Wildman–Crippen LogP) is 0.0125. The van der Waals surface area contributed by atoms with Gasteiger partial charge in [-0.15, -0.1) is 11.3 Å². The molecule has 0 unspecified atom stereocenters. The molecule has 8 heteroatoms. The number of β-amino-alcohol motifs (C(OH)–C–C–N with tert-alkyl or cyclic N) is 1. The Balaban J connectivity index is 2.14. The van der Waals surface area contributed by atoms with Crippen LogP contribution in [0.15, 0.2) is 16.3 Å². The summed E-state index contributed by atoms with van der Waals surface area (Å²) < 4.78 is 26.7.